The minimum absolute atomic E-state index is 1.03. The Balaban J connectivity index is 2.20. The van der Waals surface area contributed by atoms with Crippen LogP contribution >= 0.6 is 12.0 Å². The van der Waals surface area contributed by atoms with Crippen molar-refractivity contribution in [1.29, 1.82) is 0 Å². The lowest BCUT2D eigenvalue weighted by atomic mass is 10.0. The summed E-state index contributed by atoms with van der Waals surface area (Å²) in [5.41, 5.74) is 2.68. The normalized spacial score (nSPS) is 10.9. The molecule has 0 bridgehead atoms. The van der Waals surface area contributed by atoms with Gasteiger partial charge in [0.1, 0.15) is 0 Å². The van der Waals surface area contributed by atoms with Crippen LogP contribution in [0.2, 0.25) is 0 Å². The highest BCUT2D eigenvalue weighted by Gasteiger charge is 2.08. The third-order valence-electron chi connectivity index (χ3n) is 3.32. The SMILES string of the molecule is COSCCCN(C)c1c(C)ccc2ccccc12. The van der Waals surface area contributed by atoms with Gasteiger partial charge in [0.15, 0.2) is 0 Å². The second-order valence-corrected chi connectivity index (χ2v) is 5.69. The smallest absolute Gasteiger partial charge is 0.0503 e. The van der Waals surface area contributed by atoms with Crippen LogP contribution in [0.5, 0.6) is 0 Å². The van der Waals surface area contributed by atoms with Gasteiger partial charge in [-0.05, 0) is 36.3 Å². The van der Waals surface area contributed by atoms with Crippen LogP contribution in [0.3, 0.4) is 0 Å². The molecule has 2 aromatic carbocycles. The molecule has 0 aliphatic rings. The van der Waals surface area contributed by atoms with Gasteiger partial charge in [-0.2, -0.15) is 0 Å². The molecule has 0 radical (unpaired) electrons. The summed E-state index contributed by atoms with van der Waals surface area (Å²) in [6.07, 6.45) is 1.12. The van der Waals surface area contributed by atoms with Gasteiger partial charge >= 0.3 is 0 Å². The van der Waals surface area contributed by atoms with Gasteiger partial charge in [0.2, 0.25) is 0 Å². The fraction of sp³-hybridized carbons (Fsp3) is 0.375. The largest absolute Gasteiger partial charge is 0.374 e. The number of hydrogen-bond donors (Lipinski definition) is 0. The molecular weight excluding hydrogens is 254 g/mol. The molecule has 0 amide bonds. The lowest BCUT2D eigenvalue weighted by Crippen LogP contribution is -2.20. The Hall–Kier alpha value is -1.19. The van der Waals surface area contributed by atoms with Crippen LogP contribution in [0.25, 0.3) is 10.8 Å². The Labute approximate surface area is 120 Å². The molecule has 2 nitrogen and oxygen atoms in total. The first kappa shape index (κ1) is 14.2. The Morgan fingerprint density at radius 2 is 1.95 bits per heavy atom. The van der Waals surface area contributed by atoms with Gasteiger partial charge in [0, 0.05) is 30.4 Å². The van der Waals surface area contributed by atoms with Crippen LogP contribution in [0.15, 0.2) is 36.4 Å². The highest BCUT2D eigenvalue weighted by atomic mass is 32.2. The molecule has 0 unspecified atom stereocenters. The van der Waals surface area contributed by atoms with Crippen LogP contribution in [-0.2, 0) is 4.18 Å². The molecule has 0 fully saturated rings. The van der Waals surface area contributed by atoms with Crippen molar-refractivity contribution in [2.45, 2.75) is 13.3 Å². The molecule has 0 heterocycles. The van der Waals surface area contributed by atoms with Crippen molar-refractivity contribution in [3.63, 3.8) is 0 Å². The maximum Gasteiger partial charge on any atom is 0.0503 e. The lowest BCUT2D eigenvalue weighted by molar-refractivity contribution is 0.489. The summed E-state index contributed by atoms with van der Waals surface area (Å²) >= 11 is 1.53. The number of benzene rings is 2. The molecule has 19 heavy (non-hydrogen) atoms. The van der Waals surface area contributed by atoms with E-state index in [9.17, 15) is 0 Å². The highest BCUT2D eigenvalue weighted by Crippen LogP contribution is 2.29. The summed E-state index contributed by atoms with van der Waals surface area (Å²) in [5.74, 6) is 1.03. The molecule has 102 valence electrons. The average molecular weight is 275 g/mol. The summed E-state index contributed by atoms with van der Waals surface area (Å²) in [6.45, 7) is 3.23. The Morgan fingerprint density at radius 3 is 2.74 bits per heavy atom. The standard InChI is InChI=1S/C16H21NOS/c1-13-9-10-14-7-4-5-8-15(14)16(13)17(2)11-6-12-19-18-3/h4-5,7-10H,6,11-12H2,1-3H3. The van der Waals surface area contributed by atoms with Gasteiger partial charge < -0.3 is 9.08 Å². The molecule has 0 N–H and O–H groups in total. The van der Waals surface area contributed by atoms with E-state index >= 15 is 0 Å². The van der Waals surface area contributed by atoms with Crippen molar-refractivity contribution in [2.24, 2.45) is 0 Å². The minimum atomic E-state index is 1.03. The van der Waals surface area contributed by atoms with Gasteiger partial charge in [-0.1, -0.05) is 36.4 Å². The summed E-state index contributed by atoms with van der Waals surface area (Å²) in [5, 5.41) is 2.64. The van der Waals surface area contributed by atoms with Gasteiger partial charge in [-0.3, -0.25) is 0 Å². The van der Waals surface area contributed by atoms with Crippen LogP contribution in [0.4, 0.5) is 5.69 Å². The summed E-state index contributed by atoms with van der Waals surface area (Å²) in [6, 6.07) is 13.0. The zero-order chi connectivity index (χ0) is 13.7. The van der Waals surface area contributed by atoms with Crippen molar-refractivity contribution in [1.82, 2.24) is 0 Å². The molecule has 0 aliphatic carbocycles. The Morgan fingerprint density at radius 1 is 1.16 bits per heavy atom. The quantitative estimate of drug-likeness (QED) is 0.577. The molecule has 3 heteroatoms. The number of aryl methyl sites for hydroxylation is 1. The van der Waals surface area contributed by atoms with E-state index < -0.39 is 0 Å². The number of hydrogen-bond acceptors (Lipinski definition) is 3. The van der Waals surface area contributed by atoms with Crippen molar-refractivity contribution in [3.8, 4) is 0 Å². The Kier molecular flexibility index (Phi) is 5.11. The van der Waals surface area contributed by atoms with Crippen LogP contribution in [-0.4, -0.2) is 26.5 Å². The van der Waals surface area contributed by atoms with Gasteiger partial charge in [0.25, 0.3) is 0 Å². The van der Waals surface area contributed by atoms with Crippen molar-refractivity contribution < 1.29 is 4.18 Å². The second kappa shape index (κ2) is 6.83. The molecule has 2 rings (SSSR count). The van der Waals surface area contributed by atoms with E-state index in [1.807, 2.05) is 0 Å². The topological polar surface area (TPSA) is 12.5 Å². The average Bonchev–Trinajstić information content (AvgIpc) is 2.43. The molecule has 0 spiro atoms. The molecule has 0 aliphatic heterocycles. The number of rotatable bonds is 6. The number of anilines is 1. The van der Waals surface area contributed by atoms with Crippen molar-refractivity contribution in [2.75, 3.05) is 31.4 Å². The first-order chi connectivity index (χ1) is 9.24. The summed E-state index contributed by atoms with van der Waals surface area (Å²) < 4.78 is 5.02. The fourth-order valence-corrected chi connectivity index (χ4v) is 2.84. The molecule has 0 aromatic heterocycles. The van der Waals surface area contributed by atoms with Gasteiger partial charge in [-0.25, -0.2) is 0 Å². The lowest BCUT2D eigenvalue weighted by Gasteiger charge is -2.23. The minimum Gasteiger partial charge on any atom is -0.374 e. The highest BCUT2D eigenvalue weighted by molar-refractivity contribution is 7.94. The molecule has 0 saturated carbocycles. The summed E-state index contributed by atoms with van der Waals surface area (Å²) in [4.78, 5) is 2.36. The monoisotopic (exact) mass is 275 g/mol. The van der Waals surface area contributed by atoms with Gasteiger partial charge in [-0.15, -0.1) is 0 Å². The molecule has 2 aromatic rings. The number of fused-ring (bicyclic) bond motifs is 1. The van der Waals surface area contributed by atoms with Crippen LogP contribution < -0.4 is 4.90 Å². The molecule has 0 atom stereocenters. The summed E-state index contributed by atoms with van der Waals surface area (Å²) in [7, 11) is 3.90. The van der Waals surface area contributed by atoms with E-state index in [-0.39, 0.29) is 0 Å². The van der Waals surface area contributed by atoms with E-state index in [1.165, 1.54) is 34.1 Å². The zero-order valence-corrected chi connectivity index (χ0v) is 12.7. The predicted octanol–water partition coefficient (Wildman–Crippen LogP) is 4.27. The van der Waals surface area contributed by atoms with Crippen LogP contribution in [0.1, 0.15) is 12.0 Å². The maximum atomic E-state index is 5.02. The van der Waals surface area contributed by atoms with E-state index in [1.54, 1.807) is 7.11 Å². The van der Waals surface area contributed by atoms with E-state index in [0.29, 0.717) is 0 Å². The fourth-order valence-electron chi connectivity index (χ4n) is 2.43. The van der Waals surface area contributed by atoms with E-state index in [2.05, 4.69) is 55.3 Å². The van der Waals surface area contributed by atoms with E-state index in [0.717, 1.165) is 18.7 Å². The molecular formula is C16H21NOS. The maximum absolute atomic E-state index is 5.02. The Bertz CT molecular complexity index is 541. The molecule has 0 saturated heterocycles. The zero-order valence-electron chi connectivity index (χ0n) is 11.8. The number of nitrogens with zero attached hydrogens (tertiary/aromatic N) is 1. The van der Waals surface area contributed by atoms with Crippen LogP contribution in [0, 0.1) is 6.92 Å². The first-order valence-electron chi connectivity index (χ1n) is 6.59. The van der Waals surface area contributed by atoms with Gasteiger partial charge in [0.05, 0.1) is 7.11 Å². The van der Waals surface area contributed by atoms with E-state index in [4.69, 9.17) is 4.18 Å². The van der Waals surface area contributed by atoms with Crippen molar-refractivity contribution in [3.05, 3.63) is 42.0 Å². The first-order valence-corrected chi connectivity index (χ1v) is 7.50. The third-order valence-corrected chi connectivity index (χ3v) is 4.01. The van der Waals surface area contributed by atoms with Crippen molar-refractivity contribution >= 4 is 28.5 Å². The third kappa shape index (κ3) is 3.43. The second-order valence-electron chi connectivity index (χ2n) is 4.72. The predicted molar refractivity (Wildman–Crippen MR) is 86.0 cm³/mol.